The van der Waals surface area contributed by atoms with E-state index in [2.05, 4.69) is 10.6 Å². The molecule has 1 saturated carbocycles. The van der Waals surface area contributed by atoms with Crippen molar-refractivity contribution in [2.75, 3.05) is 32.8 Å². The number of carbonyl (C=O) groups is 3. The van der Waals surface area contributed by atoms with Crippen LogP contribution in [0, 0.1) is 23.2 Å². The van der Waals surface area contributed by atoms with Crippen molar-refractivity contribution in [3.63, 3.8) is 0 Å². The molecule has 0 bridgehead atoms. The summed E-state index contributed by atoms with van der Waals surface area (Å²) in [6.45, 7) is 1.87. The minimum Gasteiger partial charge on any atom is -0.465 e. The van der Waals surface area contributed by atoms with Crippen molar-refractivity contribution in [1.82, 2.24) is 15.5 Å². The molecule has 3 amide bonds. The van der Waals surface area contributed by atoms with Crippen LogP contribution in [0.2, 0.25) is 0 Å². The summed E-state index contributed by atoms with van der Waals surface area (Å²) in [6.07, 6.45) is 5.06. The van der Waals surface area contributed by atoms with Gasteiger partial charge in [-0.15, -0.1) is 0 Å². The summed E-state index contributed by atoms with van der Waals surface area (Å²) in [5.74, 6) is -0.541. The zero-order valence-corrected chi connectivity index (χ0v) is 16.2. The van der Waals surface area contributed by atoms with Gasteiger partial charge in [0.2, 0.25) is 11.8 Å². The molecule has 156 valence electrons. The normalized spacial score (nSPS) is 19.9. The van der Waals surface area contributed by atoms with E-state index in [0.29, 0.717) is 38.6 Å². The fourth-order valence-corrected chi connectivity index (χ4v) is 3.87. The first-order valence-electron chi connectivity index (χ1n) is 10.0. The van der Waals surface area contributed by atoms with Crippen LogP contribution in [0.25, 0.3) is 0 Å². The number of carbonyl (C=O) groups excluding carboxylic acids is 2. The largest absolute Gasteiger partial charge is 0.465 e. The second kappa shape index (κ2) is 11.5. The highest BCUT2D eigenvalue weighted by molar-refractivity contribution is 5.86. The van der Waals surface area contributed by atoms with Gasteiger partial charge >= 0.3 is 6.09 Å². The van der Waals surface area contributed by atoms with Gasteiger partial charge in [-0.3, -0.25) is 9.59 Å². The van der Waals surface area contributed by atoms with Crippen molar-refractivity contribution in [3.05, 3.63) is 0 Å². The maximum Gasteiger partial charge on any atom is 0.404 e. The highest BCUT2D eigenvalue weighted by Gasteiger charge is 2.30. The van der Waals surface area contributed by atoms with Gasteiger partial charge in [0.15, 0.2) is 0 Å². The lowest BCUT2D eigenvalue weighted by molar-refractivity contribution is -0.140. The van der Waals surface area contributed by atoms with Crippen LogP contribution in [0.5, 0.6) is 0 Å². The van der Waals surface area contributed by atoms with Gasteiger partial charge in [-0.25, -0.2) is 4.79 Å². The number of carboxylic acid groups (broad SMARTS) is 1. The van der Waals surface area contributed by atoms with Crippen molar-refractivity contribution in [2.45, 2.75) is 51.0 Å². The third kappa shape index (κ3) is 7.35. The summed E-state index contributed by atoms with van der Waals surface area (Å²) in [5.41, 5.74) is 0. The molecule has 2 rings (SSSR count). The number of hydrogen-bond donors (Lipinski definition) is 3. The first kappa shape index (κ1) is 22.0. The third-order valence-corrected chi connectivity index (χ3v) is 5.43. The lowest BCUT2D eigenvalue weighted by atomic mass is 9.81. The molecule has 1 aliphatic heterocycles. The Morgan fingerprint density at radius 1 is 1.18 bits per heavy atom. The molecule has 2 unspecified atom stereocenters. The van der Waals surface area contributed by atoms with Gasteiger partial charge in [0, 0.05) is 25.4 Å². The van der Waals surface area contributed by atoms with E-state index in [-0.39, 0.29) is 24.8 Å². The fourth-order valence-electron chi connectivity index (χ4n) is 3.87. The van der Waals surface area contributed by atoms with Gasteiger partial charge in [0.1, 0.15) is 6.04 Å². The molecule has 2 atom stereocenters. The number of amides is 3. The minimum atomic E-state index is -1.25. The summed E-state index contributed by atoms with van der Waals surface area (Å²) >= 11 is 0. The smallest absolute Gasteiger partial charge is 0.404 e. The lowest BCUT2D eigenvalue weighted by Gasteiger charge is -2.30. The molecular weight excluding hydrogens is 364 g/mol. The number of ether oxygens (including phenoxy) is 1. The van der Waals surface area contributed by atoms with Crippen LogP contribution in [0.1, 0.15) is 44.9 Å². The van der Waals surface area contributed by atoms with Gasteiger partial charge in [0.05, 0.1) is 25.8 Å². The Morgan fingerprint density at radius 3 is 2.46 bits per heavy atom. The minimum absolute atomic E-state index is 0.0728. The van der Waals surface area contributed by atoms with Crippen molar-refractivity contribution < 1.29 is 24.2 Å². The van der Waals surface area contributed by atoms with Gasteiger partial charge < -0.3 is 25.4 Å². The molecule has 0 radical (unpaired) electrons. The molecule has 0 aromatic heterocycles. The first-order valence-corrected chi connectivity index (χ1v) is 10.0. The summed E-state index contributed by atoms with van der Waals surface area (Å²) < 4.78 is 5.27. The van der Waals surface area contributed by atoms with Crippen LogP contribution in [0.3, 0.4) is 0 Å². The molecular formula is C19H30N4O5. The molecule has 3 N–H and O–H groups in total. The second-order valence-electron chi connectivity index (χ2n) is 7.51. The number of rotatable bonds is 8. The summed E-state index contributed by atoms with van der Waals surface area (Å²) in [7, 11) is 0. The van der Waals surface area contributed by atoms with Gasteiger partial charge in [-0.05, 0) is 12.3 Å². The SMILES string of the molecule is N#CC(CNC(=O)O)NC(=O)C(CC(=O)N1CCOCC1)CC1CCCCC1. The average molecular weight is 394 g/mol. The molecule has 2 aliphatic rings. The van der Waals surface area contributed by atoms with E-state index in [1.807, 2.05) is 6.07 Å². The molecule has 28 heavy (non-hydrogen) atoms. The van der Waals surface area contributed by atoms with Crippen LogP contribution >= 0.6 is 0 Å². The third-order valence-electron chi connectivity index (χ3n) is 5.43. The zero-order chi connectivity index (χ0) is 20.4. The summed E-state index contributed by atoms with van der Waals surface area (Å²) in [5, 5.41) is 22.6. The van der Waals surface area contributed by atoms with E-state index >= 15 is 0 Å². The van der Waals surface area contributed by atoms with E-state index in [4.69, 9.17) is 9.84 Å². The number of hydrogen-bond acceptors (Lipinski definition) is 5. The monoisotopic (exact) mass is 394 g/mol. The fraction of sp³-hybridized carbons (Fsp3) is 0.789. The van der Waals surface area contributed by atoms with Crippen molar-refractivity contribution in [2.24, 2.45) is 11.8 Å². The molecule has 1 heterocycles. The molecule has 0 aromatic rings. The number of nitrogens with one attached hydrogen (secondary N) is 2. The summed E-state index contributed by atoms with van der Waals surface area (Å²) in [4.78, 5) is 37.8. The van der Waals surface area contributed by atoms with Gasteiger partial charge in [0.25, 0.3) is 0 Å². The maximum absolute atomic E-state index is 12.8. The standard InChI is InChI=1S/C19H30N4O5/c20-12-16(13-21-19(26)27)22-18(25)15(10-14-4-2-1-3-5-14)11-17(24)23-6-8-28-9-7-23/h14-16,21H,1-11,13H2,(H,22,25)(H,26,27). The molecule has 0 spiro atoms. The molecule has 1 saturated heterocycles. The number of nitriles is 1. The number of morpholine rings is 1. The summed E-state index contributed by atoms with van der Waals surface area (Å²) in [6, 6.07) is 0.932. The van der Waals surface area contributed by atoms with Crippen LogP contribution < -0.4 is 10.6 Å². The Hall–Kier alpha value is -2.34. The molecule has 2 fully saturated rings. The average Bonchev–Trinajstić information content (AvgIpc) is 2.71. The van der Waals surface area contributed by atoms with E-state index < -0.39 is 18.1 Å². The Bertz CT molecular complexity index is 579. The predicted molar refractivity (Wildman–Crippen MR) is 100 cm³/mol. The Balaban J connectivity index is 1.98. The lowest BCUT2D eigenvalue weighted by Crippen LogP contribution is -2.47. The van der Waals surface area contributed by atoms with Gasteiger partial charge in [-0.1, -0.05) is 32.1 Å². The van der Waals surface area contributed by atoms with Crippen molar-refractivity contribution in [1.29, 1.82) is 5.26 Å². The van der Waals surface area contributed by atoms with Crippen LogP contribution in [-0.4, -0.2) is 66.8 Å². The highest BCUT2D eigenvalue weighted by atomic mass is 16.5. The Morgan fingerprint density at radius 2 is 1.86 bits per heavy atom. The molecule has 9 nitrogen and oxygen atoms in total. The first-order chi connectivity index (χ1) is 13.5. The number of nitrogens with zero attached hydrogens (tertiary/aromatic N) is 2. The topological polar surface area (TPSA) is 132 Å². The van der Waals surface area contributed by atoms with Crippen molar-refractivity contribution in [3.8, 4) is 6.07 Å². The zero-order valence-electron chi connectivity index (χ0n) is 16.2. The predicted octanol–water partition coefficient (Wildman–Crippen LogP) is 1.10. The Kier molecular flexibility index (Phi) is 9.01. The van der Waals surface area contributed by atoms with Gasteiger partial charge in [-0.2, -0.15) is 5.26 Å². The quantitative estimate of drug-likeness (QED) is 0.565. The molecule has 0 aromatic carbocycles. The van der Waals surface area contributed by atoms with Crippen molar-refractivity contribution >= 4 is 17.9 Å². The van der Waals surface area contributed by atoms with E-state index in [1.165, 1.54) is 6.42 Å². The second-order valence-corrected chi connectivity index (χ2v) is 7.51. The van der Waals surface area contributed by atoms with Crippen LogP contribution in [-0.2, 0) is 14.3 Å². The molecule has 9 heteroatoms. The maximum atomic E-state index is 12.8. The molecule has 1 aliphatic carbocycles. The Labute approximate surface area is 165 Å². The van der Waals surface area contributed by atoms with E-state index in [9.17, 15) is 19.6 Å². The van der Waals surface area contributed by atoms with E-state index in [1.54, 1.807) is 4.90 Å². The van der Waals surface area contributed by atoms with Crippen LogP contribution in [0.4, 0.5) is 4.79 Å². The van der Waals surface area contributed by atoms with E-state index in [0.717, 1.165) is 25.7 Å². The van der Waals surface area contributed by atoms with Crippen LogP contribution in [0.15, 0.2) is 0 Å². The highest BCUT2D eigenvalue weighted by Crippen LogP contribution is 2.30.